The first-order valence-electron chi connectivity index (χ1n) is 9.84. The van der Waals surface area contributed by atoms with Gasteiger partial charge in [0, 0.05) is 24.9 Å². The monoisotopic (exact) mass is 435 g/mol. The van der Waals surface area contributed by atoms with Crippen LogP contribution in [0.5, 0.6) is 0 Å². The number of amides is 2. The smallest absolute Gasteiger partial charge is 0.269 e. The van der Waals surface area contributed by atoms with Crippen LogP contribution in [-0.2, 0) is 4.79 Å². The summed E-state index contributed by atoms with van der Waals surface area (Å²) in [5.41, 5.74) is 2.03. The number of para-hydroxylation sites is 1. The van der Waals surface area contributed by atoms with E-state index in [1.807, 2.05) is 32.0 Å². The van der Waals surface area contributed by atoms with Gasteiger partial charge in [0.15, 0.2) is 0 Å². The summed E-state index contributed by atoms with van der Waals surface area (Å²) in [5, 5.41) is 14.1. The molecule has 0 aliphatic heterocycles. The molecule has 1 atom stereocenters. The minimum absolute atomic E-state index is 0.203. The van der Waals surface area contributed by atoms with E-state index in [-0.39, 0.29) is 16.8 Å². The number of halogens is 1. The minimum Gasteiger partial charge on any atom is -0.325 e. The maximum Gasteiger partial charge on any atom is 0.269 e. The number of carbonyl (C=O) groups is 2. The van der Waals surface area contributed by atoms with Gasteiger partial charge in [0.1, 0.15) is 11.9 Å². The van der Waals surface area contributed by atoms with Gasteiger partial charge in [0.2, 0.25) is 0 Å². The molecule has 3 aromatic rings. The third kappa shape index (κ3) is 4.64. The highest BCUT2D eigenvalue weighted by Crippen LogP contribution is 2.28. The lowest BCUT2D eigenvalue weighted by Gasteiger charge is -2.28. The Balaban J connectivity index is 2.06. The van der Waals surface area contributed by atoms with Crippen LogP contribution >= 0.6 is 0 Å². The van der Waals surface area contributed by atoms with Crippen molar-refractivity contribution in [2.24, 2.45) is 0 Å². The van der Waals surface area contributed by atoms with E-state index >= 15 is 0 Å². The quantitative estimate of drug-likeness (QED) is 0.445. The van der Waals surface area contributed by atoms with Crippen molar-refractivity contribution in [1.29, 1.82) is 0 Å². The van der Waals surface area contributed by atoms with Gasteiger partial charge in [-0.25, -0.2) is 4.39 Å². The molecular formula is C24H22FN3O4. The lowest BCUT2D eigenvalue weighted by molar-refractivity contribution is -0.384. The minimum atomic E-state index is -1.24. The SMILES string of the molecule is Cc1cccc(C)c1NC(=O)[C@@H](c1cccc([N+](=O)[O-])c1)N(C)C(=O)c1ccccc1F. The average Bonchev–Trinajstić information content (AvgIpc) is 2.76. The fraction of sp³-hybridized carbons (Fsp3) is 0.167. The number of non-ortho nitro benzene ring substituents is 1. The molecule has 0 saturated heterocycles. The first kappa shape index (κ1) is 22.6. The zero-order valence-electron chi connectivity index (χ0n) is 17.8. The highest BCUT2D eigenvalue weighted by atomic mass is 19.1. The molecule has 0 aliphatic rings. The summed E-state index contributed by atoms with van der Waals surface area (Å²) in [6, 6.07) is 15.2. The average molecular weight is 435 g/mol. The van der Waals surface area contributed by atoms with Crippen LogP contribution in [0.2, 0.25) is 0 Å². The van der Waals surface area contributed by atoms with Gasteiger partial charge >= 0.3 is 0 Å². The molecule has 0 saturated carbocycles. The molecule has 3 rings (SSSR count). The second kappa shape index (κ2) is 9.38. The molecule has 0 bridgehead atoms. The van der Waals surface area contributed by atoms with Gasteiger partial charge in [-0.15, -0.1) is 0 Å². The fourth-order valence-corrected chi connectivity index (χ4v) is 3.50. The summed E-state index contributed by atoms with van der Waals surface area (Å²) >= 11 is 0. The molecule has 0 heterocycles. The molecule has 0 unspecified atom stereocenters. The molecule has 0 aromatic heterocycles. The number of anilines is 1. The number of rotatable bonds is 6. The zero-order chi connectivity index (χ0) is 23.4. The van der Waals surface area contributed by atoms with E-state index < -0.39 is 28.6 Å². The first-order chi connectivity index (χ1) is 15.2. The standard InChI is InChI=1S/C24H22FN3O4/c1-15-8-6-9-16(2)21(15)26-23(29)22(17-10-7-11-18(14-17)28(31)32)27(3)24(30)19-12-4-5-13-20(19)25/h4-14,22H,1-3H3,(H,26,29)/t22-/m1/s1. The maximum absolute atomic E-state index is 14.3. The van der Waals surface area contributed by atoms with Crippen LogP contribution in [0.15, 0.2) is 66.7 Å². The Labute approximate surface area is 184 Å². The van der Waals surface area contributed by atoms with Crippen molar-refractivity contribution < 1.29 is 18.9 Å². The van der Waals surface area contributed by atoms with Crippen LogP contribution < -0.4 is 5.32 Å². The van der Waals surface area contributed by atoms with Crippen molar-refractivity contribution in [2.45, 2.75) is 19.9 Å². The van der Waals surface area contributed by atoms with Crippen LogP contribution in [-0.4, -0.2) is 28.7 Å². The molecule has 1 N–H and O–H groups in total. The van der Waals surface area contributed by atoms with Crippen LogP contribution in [0.4, 0.5) is 15.8 Å². The summed E-state index contributed by atoms with van der Waals surface area (Å²) in [5.74, 6) is -2.02. The molecule has 3 aromatic carbocycles. The number of nitrogens with zero attached hydrogens (tertiary/aromatic N) is 2. The number of aryl methyl sites for hydroxylation is 2. The van der Waals surface area contributed by atoms with Crippen LogP contribution in [0, 0.1) is 29.8 Å². The molecule has 0 spiro atoms. The summed E-state index contributed by atoms with van der Waals surface area (Å²) in [7, 11) is 1.36. The maximum atomic E-state index is 14.3. The highest BCUT2D eigenvalue weighted by molar-refractivity contribution is 6.02. The van der Waals surface area contributed by atoms with E-state index in [4.69, 9.17) is 0 Å². The Hall–Kier alpha value is -4.07. The van der Waals surface area contributed by atoms with Gasteiger partial charge in [-0.1, -0.05) is 42.5 Å². The number of likely N-dealkylation sites (N-methyl/N-ethyl adjacent to an activating group) is 1. The third-order valence-electron chi connectivity index (χ3n) is 5.19. The van der Waals surface area contributed by atoms with Gasteiger partial charge in [-0.2, -0.15) is 0 Å². The van der Waals surface area contributed by atoms with Gasteiger partial charge in [-0.05, 0) is 42.7 Å². The number of nitrogens with one attached hydrogen (secondary N) is 1. The topological polar surface area (TPSA) is 92.5 Å². The summed E-state index contributed by atoms with van der Waals surface area (Å²) in [4.78, 5) is 38.2. The number of benzene rings is 3. The molecule has 0 fully saturated rings. The zero-order valence-corrected chi connectivity index (χ0v) is 17.8. The van der Waals surface area contributed by atoms with E-state index in [9.17, 15) is 24.1 Å². The van der Waals surface area contributed by atoms with Crippen molar-refractivity contribution in [3.05, 3.63) is 105 Å². The summed E-state index contributed by atoms with van der Waals surface area (Å²) in [6.07, 6.45) is 0. The molecule has 0 radical (unpaired) electrons. The second-order valence-electron chi connectivity index (χ2n) is 7.41. The molecule has 2 amide bonds. The summed E-state index contributed by atoms with van der Waals surface area (Å²) < 4.78 is 14.3. The van der Waals surface area contributed by atoms with Crippen molar-refractivity contribution in [3.8, 4) is 0 Å². The Morgan fingerprint density at radius 1 is 1.00 bits per heavy atom. The Morgan fingerprint density at radius 2 is 1.62 bits per heavy atom. The largest absolute Gasteiger partial charge is 0.325 e. The summed E-state index contributed by atoms with van der Waals surface area (Å²) in [6.45, 7) is 3.67. The lowest BCUT2D eigenvalue weighted by Crippen LogP contribution is -2.39. The fourth-order valence-electron chi connectivity index (χ4n) is 3.50. The molecule has 7 nitrogen and oxygen atoms in total. The third-order valence-corrected chi connectivity index (χ3v) is 5.19. The van der Waals surface area contributed by atoms with Crippen LogP contribution in [0.25, 0.3) is 0 Å². The predicted octanol–water partition coefficient (Wildman–Crippen LogP) is 4.80. The molecule has 0 aliphatic carbocycles. The highest BCUT2D eigenvalue weighted by Gasteiger charge is 2.31. The Bertz CT molecular complexity index is 1180. The molecule has 32 heavy (non-hydrogen) atoms. The van der Waals surface area contributed by atoms with E-state index in [0.717, 1.165) is 22.1 Å². The molecular weight excluding hydrogens is 413 g/mol. The van der Waals surface area contributed by atoms with Crippen LogP contribution in [0.1, 0.15) is 33.1 Å². The van der Waals surface area contributed by atoms with E-state index in [1.54, 1.807) is 0 Å². The van der Waals surface area contributed by atoms with Crippen molar-refractivity contribution in [3.63, 3.8) is 0 Å². The van der Waals surface area contributed by atoms with Gasteiger partial charge in [-0.3, -0.25) is 19.7 Å². The van der Waals surface area contributed by atoms with E-state index in [2.05, 4.69) is 5.32 Å². The molecule has 8 heteroatoms. The normalized spacial score (nSPS) is 11.5. The number of nitro groups is 1. The van der Waals surface area contributed by atoms with Gasteiger partial charge in [0.05, 0.1) is 10.5 Å². The van der Waals surface area contributed by atoms with Crippen molar-refractivity contribution in [1.82, 2.24) is 4.90 Å². The molecule has 164 valence electrons. The van der Waals surface area contributed by atoms with Gasteiger partial charge < -0.3 is 10.2 Å². The van der Waals surface area contributed by atoms with Gasteiger partial charge in [0.25, 0.3) is 17.5 Å². The lowest BCUT2D eigenvalue weighted by atomic mass is 10.0. The number of nitro benzene ring substituents is 1. The van der Waals surface area contributed by atoms with Crippen molar-refractivity contribution in [2.75, 3.05) is 12.4 Å². The Morgan fingerprint density at radius 3 is 2.25 bits per heavy atom. The Kier molecular flexibility index (Phi) is 6.63. The van der Waals surface area contributed by atoms with Crippen molar-refractivity contribution >= 4 is 23.2 Å². The first-order valence-corrected chi connectivity index (χ1v) is 9.84. The number of carbonyl (C=O) groups excluding carboxylic acids is 2. The predicted molar refractivity (Wildman–Crippen MR) is 119 cm³/mol. The second-order valence-corrected chi connectivity index (χ2v) is 7.41. The number of hydrogen-bond donors (Lipinski definition) is 1. The van der Waals surface area contributed by atoms with Crippen LogP contribution in [0.3, 0.4) is 0 Å². The number of hydrogen-bond acceptors (Lipinski definition) is 4. The van der Waals surface area contributed by atoms with E-state index in [1.165, 1.54) is 49.5 Å². The van der Waals surface area contributed by atoms with E-state index in [0.29, 0.717) is 5.69 Å².